The van der Waals surface area contributed by atoms with Crippen LogP contribution >= 0.6 is 0 Å². The molecule has 2 rings (SSSR count). The standard InChI is InChI=1S/C15H31N3O/c1-17-9-10-18(2)14(12-17)11-16-13-15(19)7-5-3-4-6-8-15/h14,16,19H,3-13H2,1-2H3. The first kappa shape index (κ1) is 15.2. The molecule has 1 heterocycles. The summed E-state index contributed by atoms with van der Waals surface area (Å²) in [6.07, 6.45) is 6.90. The highest BCUT2D eigenvalue weighted by Crippen LogP contribution is 2.26. The Bertz CT molecular complexity index is 264. The first-order valence-electron chi connectivity index (χ1n) is 7.91. The van der Waals surface area contributed by atoms with Gasteiger partial charge in [-0.25, -0.2) is 0 Å². The van der Waals surface area contributed by atoms with Crippen molar-refractivity contribution in [2.45, 2.75) is 50.2 Å². The zero-order chi connectivity index (χ0) is 13.7. The van der Waals surface area contributed by atoms with Gasteiger partial charge >= 0.3 is 0 Å². The van der Waals surface area contributed by atoms with Crippen molar-refractivity contribution in [3.8, 4) is 0 Å². The van der Waals surface area contributed by atoms with Crippen LogP contribution < -0.4 is 5.32 Å². The molecule has 2 fully saturated rings. The Kier molecular flexibility index (Phi) is 5.63. The fourth-order valence-corrected chi connectivity index (χ4v) is 3.36. The highest BCUT2D eigenvalue weighted by molar-refractivity contribution is 4.86. The van der Waals surface area contributed by atoms with E-state index in [0.717, 1.165) is 45.6 Å². The van der Waals surface area contributed by atoms with E-state index < -0.39 is 5.60 Å². The lowest BCUT2D eigenvalue weighted by molar-refractivity contribution is 0.0220. The molecule has 0 radical (unpaired) electrons. The Hall–Kier alpha value is -0.160. The van der Waals surface area contributed by atoms with Gasteiger partial charge < -0.3 is 15.3 Å². The molecule has 1 atom stereocenters. The van der Waals surface area contributed by atoms with Crippen molar-refractivity contribution in [3.63, 3.8) is 0 Å². The average molecular weight is 269 g/mol. The highest BCUT2D eigenvalue weighted by atomic mass is 16.3. The quantitative estimate of drug-likeness (QED) is 0.744. The lowest BCUT2D eigenvalue weighted by atomic mass is 9.94. The van der Waals surface area contributed by atoms with Crippen LogP contribution in [0.4, 0.5) is 0 Å². The van der Waals surface area contributed by atoms with Gasteiger partial charge in [0.2, 0.25) is 0 Å². The van der Waals surface area contributed by atoms with Crippen LogP contribution in [0.5, 0.6) is 0 Å². The molecular formula is C15H31N3O. The number of nitrogens with zero attached hydrogens (tertiary/aromatic N) is 2. The number of nitrogens with one attached hydrogen (secondary N) is 1. The molecule has 0 amide bonds. The molecule has 1 unspecified atom stereocenters. The lowest BCUT2D eigenvalue weighted by Crippen LogP contribution is -2.55. The van der Waals surface area contributed by atoms with Gasteiger partial charge in [0.15, 0.2) is 0 Å². The average Bonchev–Trinajstić information content (AvgIpc) is 2.59. The summed E-state index contributed by atoms with van der Waals surface area (Å²) in [7, 11) is 4.40. The van der Waals surface area contributed by atoms with Crippen LogP contribution in [0.15, 0.2) is 0 Å². The Morgan fingerprint density at radius 3 is 2.47 bits per heavy atom. The lowest BCUT2D eigenvalue weighted by Gasteiger charge is -2.38. The number of hydrogen-bond donors (Lipinski definition) is 2. The Morgan fingerprint density at radius 2 is 1.79 bits per heavy atom. The van der Waals surface area contributed by atoms with Gasteiger partial charge in [0, 0.05) is 38.8 Å². The Balaban J connectivity index is 1.72. The van der Waals surface area contributed by atoms with Crippen molar-refractivity contribution in [2.75, 3.05) is 46.8 Å². The Labute approximate surface area is 118 Å². The van der Waals surface area contributed by atoms with Crippen molar-refractivity contribution < 1.29 is 5.11 Å². The molecule has 0 aromatic carbocycles. The number of aliphatic hydroxyl groups is 1. The van der Waals surface area contributed by atoms with Gasteiger partial charge in [0.25, 0.3) is 0 Å². The van der Waals surface area contributed by atoms with Gasteiger partial charge in [-0.05, 0) is 26.9 Å². The van der Waals surface area contributed by atoms with E-state index in [1.165, 1.54) is 25.7 Å². The van der Waals surface area contributed by atoms with Gasteiger partial charge in [-0.1, -0.05) is 25.7 Å². The van der Waals surface area contributed by atoms with E-state index in [2.05, 4.69) is 29.2 Å². The van der Waals surface area contributed by atoms with E-state index in [4.69, 9.17) is 0 Å². The fourth-order valence-electron chi connectivity index (χ4n) is 3.36. The number of likely N-dealkylation sites (N-methyl/N-ethyl adjacent to an activating group) is 2. The van der Waals surface area contributed by atoms with E-state index in [-0.39, 0.29) is 0 Å². The number of hydrogen-bond acceptors (Lipinski definition) is 4. The minimum absolute atomic E-state index is 0.449. The molecule has 4 nitrogen and oxygen atoms in total. The first-order chi connectivity index (χ1) is 9.09. The second-order valence-corrected chi connectivity index (χ2v) is 6.67. The molecule has 1 saturated carbocycles. The normalized spacial score (nSPS) is 30.2. The molecule has 4 heteroatoms. The molecule has 1 saturated heterocycles. The van der Waals surface area contributed by atoms with Crippen LogP contribution in [0.1, 0.15) is 38.5 Å². The third-order valence-electron chi connectivity index (χ3n) is 4.85. The van der Waals surface area contributed by atoms with Gasteiger partial charge in [-0.3, -0.25) is 4.90 Å². The zero-order valence-electron chi connectivity index (χ0n) is 12.7. The smallest absolute Gasteiger partial charge is 0.0771 e. The van der Waals surface area contributed by atoms with Crippen LogP contribution in [-0.4, -0.2) is 73.4 Å². The molecule has 0 aromatic heterocycles. The van der Waals surface area contributed by atoms with Crippen molar-refractivity contribution in [1.29, 1.82) is 0 Å². The van der Waals surface area contributed by atoms with Gasteiger partial charge in [0.1, 0.15) is 0 Å². The minimum atomic E-state index is -0.449. The zero-order valence-corrected chi connectivity index (χ0v) is 12.7. The van der Waals surface area contributed by atoms with E-state index >= 15 is 0 Å². The van der Waals surface area contributed by atoms with Gasteiger partial charge in [0.05, 0.1) is 5.60 Å². The third kappa shape index (κ3) is 4.71. The maximum atomic E-state index is 10.6. The number of rotatable bonds is 4. The molecule has 1 aliphatic heterocycles. The summed E-state index contributed by atoms with van der Waals surface area (Å²) >= 11 is 0. The van der Waals surface area contributed by atoms with E-state index in [0.29, 0.717) is 6.04 Å². The van der Waals surface area contributed by atoms with E-state index in [1.807, 2.05) is 0 Å². The van der Waals surface area contributed by atoms with Crippen LogP contribution in [-0.2, 0) is 0 Å². The molecule has 0 spiro atoms. The maximum absolute atomic E-state index is 10.6. The monoisotopic (exact) mass is 269 g/mol. The number of piperazine rings is 1. The topological polar surface area (TPSA) is 38.7 Å². The molecule has 0 aromatic rings. The first-order valence-corrected chi connectivity index (χ1v) is 7.91. The third-order valence-corrected chi connectivity index (χ3v) is 4.85. The van der Waals surface area contributed by atoms with Crippen LogP contribution in [0.25, 0.3) is 0 Å². The second kappa shape index (κ2) is 7.02. The second-order valence-electron chi connectivity index (χ2n) is 6.67. The summed E-state index contributed by atoms with van der Waals surface area (Å²) in [5, 5.41) is 14.1. The van der Waals surface area contributed by atoms with Crippen molar-refractivity contribution in [2.24, 2.45) is 0 Å². The molecule has 2 aliphatic rings. The van der Waals surface area contributed by atoms with Crippen molar-refractivity contribution >= 4 is 0 Å². The summed E-state index contributed by atoms with van der Waals surface area (Å²) < 4.78 is 0. The highest BCUT2D eigenvalue weighted by Gasteiger charge is 2.28. The van der Waals surface area contributed by atoms with Crippen molar-refractivity contribution in [3.05, 3.63) is 0 Å². The summed E-state index contributed by atoms with van der Waals surface area (Å²) in [5.74, 6) is 0. The molecule has 2 N–H and O–H groups in total. The summed E-state index contributed by atoms with van der Waals surface area (Å²) in [5.41, 5.74) is -0.449. The summed E-state index contributed by atoms with van der Waals surface area (Å²) in [4.78, 5) is 4.83. The largest absolute Gasteiger partial charge is 0.389 e. The Morgan fingerprint density at radius 1 is 1.11 bits per heavy atom. The summed E-state index contributed by atoms with van der Waals surface area (Å²) in [6.45, 7) is 5.19. The molecular weight excluding hydrogens is 238 g/mol. The molecule has 112 valence electrons. The van der Waals surface area contributed by atoms with Crippen LogP contribution in [0, 0.1) is 0 Å². The molecule has 19 heavy (non-hydrogen) atoms. The maximum Gasteiger partial charge on any atom is 0.0771 e. The van der Waals surface area contributed by atoms with E-state index in [9.17, 15) is 5.11 Å². The van der Waals surface area contributed by atoms with Gasteiger partial charge in [-0.2, -0.15) is 0 Å². The predicted molar refractivity (Wildman–Crippen MR) is 79.4 cm³/mol. The van der Waals surface area contributed by atoms with E-state index in [1.54, 1.807) is 0 Å². The minimum Gasteiger partial charge on any atom is -0.389 e. The van der Waals surface area contributed by atoms with Crippen LogP contribution in [0.3, 0.4) is 0 Å². The molecule has 1 aliphatic carbocycles. The SMILES string of the molecule is CN1CCN(C)C(CNCC2(O)CCCCCC2)C1. The summed E-state index contributed by atoms with van der Waals surface area (Å²) in [6, 6.07) is 0.577. The van der Waals surface area contributed by atoms with Crippen molar-refractivity contribution in [1.82, 2.24) is 15.1 Å². The van der Waals surface area contributed by atoms with Crippen LogP contribution in [0.2, 0.25) is 0 Å². The predicted octanol–water partition coefficient (Wildman–Crippen LogP) is 0.907. The molecule has 0 bridgehead atoms. The van der Waals surface area contributed by atoms with Gasteiger partial charge in [-0.15, -0.1) is 0 Å². The fraction of sp³-hybridized carbons (Fsp3) is 1.00.